The van der Waals surface area contributed by atoms with Gasteiger partial charge in [-0.1, -0.05) is 0 Å². The number of aliphatic hydroxyl groups is 3. The highest BCUT2D eigenvalue weighted by molar-refractivity contribution is 7.11. The summed E-state index contributed by atoms with van der Waals surface area (Å²) in [6.07, 6.45) is -0.354. The lowest BCUT2D eigenvalue weighted by molar-refractivity contribution is -0.0375. The van der Waals surface area contributed by atoms with Gasteiger partial charge in [0.15, 0.2) is 6.29 Å². The highest BCUT2D eigenvalue weighted by Gasteiger charge is 2.03. The topological polar surface area (TPSA) is 60.7 Å². The number of thiophene rings is 1. The molecule has 0 aliphatic rings. The summed E-state index contributed by atoms with van der Waals surface area (Å²) in [5, 5.41) is 25.9. The SMILES string of the molecule is OCCc1ccc(CC(O)O)s1. The molecule has 0 fully saturated rings. The van der Waals surface area contributed by atoms with E-state index in [-0.39, 0.29) is 13.0 Å². The summed E-state index contributed by atoms with van der Waals surface area (Å²) in [6, 6.07) is 3.76. The van der Waals surface area contributed by atoms with Gasteiger partial charge in [-0.25, -0.2) is 0 Å². The van der Waals surface area contributed by atoms with E-state index < -0.39 is 6.29 Å². The Morgan fingerprint density at radius 1 is 1.25 bits per heavy atom. The average molecular weight is 188 g/mol. The molecule has 0 aliphatic heterocycles. The van der Waals surface area contributed by atoms with Crippen molar-refractivity contribution >= 4 is 11.3 Å². The number of aliphatic hydroxyl groups excluding tert-OH is 2. The Morgan fingerprint density at radius 2 is 1.92 bits per heavy atom. The fraction of sp³-hybridized carbons (Fsp3) is 0.500. The first-order valence-corrected chi connectivity index (χ1v) is 4.58. The zero-order valence-electron chi connectivity index (χ0n) is 6.60. The molecule has 0 bridgehead atoms. The van der Waals surface area contributed by atoms with Crippen molar-refractivity contribution in [1.82, 2.24) is 0 Å². The van der Waals surface area contributed by atoms with Crippen molar-refractivity contribution in [2.45, 2.75) is 19.1 Å². The van der Waals surface area contributed by atoms with Crippen LogP contribution in [0.2, 0.25) is 0 Å². The van der Waals surface area contributed by atoms with E-state index >= 15 is 0 Å². The summed E-state index contributed by atoms with van der Waals surface area (Å²) < 4.78 is 0. The second-order valence-corrected chi connectivity index (χ2v) is 3.78. The Hall–Kier alpha value is -0.420. The van der Waals surface area contributed by atoms with Gasteiger partial charge in [-0.05, 0) is 12.1 Å². The van der Waals surface area contributed by atoms with E-state index in [9.17, 15) is 0 Å². The van der Waals surface area contributed by atoms with Gasteiger partial charge in [0.25, 0.3) is 0 Å². The largest absolute Gasteiger partial charge is 0.396 e. The highest BCUT2D eigenvalue weighted by atomic mass is 32.1. The van der Waals surface area contributed by atoms with Crippen LogP contribution in [-0.4, -0.2) is 28.2 Å². The third-order valence-corrected chi connectivity index (χ3v) is 2.63. The van der Waals surface area contributed by atoms with E-state index in [2.05, 4.69) is 0 Å². The zero-order chi connectivity index (χ0) is 8.97. The molecular formula is C8H12O3S. The van der Waals surface area contributed by atoms with Gasteiger partial charge >= 0.3 is 0 Å². The molecule has 3 N–H and O–H groups in total. The fourth-order valence-corrected chi connectivity index (χ4v) is 1.99. The molecule has 0 spiro atoms. The molecule has 1 rings (SSSR count). The van der Waals surface area contributed by atoms with E-state index in [1.165, 1.54) is 11.3 Å². The van der Waals surface area contributed by atoms with Crippen LogP contribution in [0.4, 0.5) is 0 Å². The molecule has 0 aliphatic carbocycles. The van der Waals surface area contributed by atoms with Gasteiger partial charge in [-0.3, -0.25) is 0 Å². The van der Waals surface area contributed by atoms with Crippen LogP contribution in [-0.2, 0) is 12.8 Å². The van der Waals surface area contributed by atoms with E-state index in [0.29, 0.717) is 6.42 Å². The van der Waals surface area contributed by atoms with Gasteiger partial charge in [0.2, 0.25) is 0 Å². The molecule has 1 aromatic rings. The second kappa shape index (κ2) is 4.57. The van der Waals surface area contributed by atoms with Crippen molar-refractivity contribution in [1.29, 1.82) is 0 Å². The van der Waals surface area contributed by atoms with E-state index in [1.54, 1.807) is 0 Å². The lowest BCUT2D eigenvalue weighted by Gasteiger charge is -1.98. The summed E-state index contributed by atoms with van der Waals surface area (Å²) >= 11 is 1.51. The van der Waals surface area contributed by atoms with Gasteiger partial charge in [-0.15, -0.1) is 11.3 Å². The molecule has 1 heterocycles. The molecular weight excluding hydrogens is 176 g/mol. The van der Waals surface area contributed by atoms with E-state index in [1.807, 2.05) is 12.1 Å². The van der Waals surface area contributed by atoms with Crippen molar-refractivity contribution in [2.75, 3.05) is 6.61 Å². The number of hydrogen-bond donors (Lipinski definition) is 3. The van der Waals surface area contributed by atoms with Crippen LogP contribution in [0.5, 0.6) is 0 Å². The van der Waals surface area contributed by atoms with Gasteiger partial charge in [0.1, 0.15) is 0 Å². The lowest BCUT2D eigenvalue weighted by atomic mass is 10.3. The molecule has 1 aromatic heterocycles. The van der Waals surface area contributed by atoms with Crippen molar-refractivity contribution in [3.05, 3.63) is 21.9 Å². The third kappa shape index (κ3) is 2.91. The lowest BCUT2D eigenvalue weighted by Crippen LogP contribution is -2.06. The minimum absolute atomic E-state index is 0.141. The van der Waals surface area contributed by atoms with Crippen LogP contribution in [0.25, 0.3) is 0 Å². The van der Waals surface area contributed by atoms with E-state index in [0.717, 1.165) is 9.75 Å². The Balaban J connectivity index is 2.52. The van der Waals surface area contributed by atoms with E-state index in [4.69, 9.17) is 15.3 Å². The van der Waals surface area contributed by atoms with Crippen molar-refractivity contribution in [3.63, 3.8) is 0 Å². The first kappa shape index (κ1) is 9.67. The first-order chi connectivity index (χ1) is 5.72. The van der Waals surface area contributed by atoms with Crippen LogP contribution < -0.4 is 0 Å². The monoisotopic (exact) mass is 188 g/mol. The van der Waals surface area contributed by atoms with Crippen molar-refractivity contribution < 1.29 is 15.3 Å². The third-order valence-electron chi connectivity index (χ3n) is 1.46. The molecule has 12 heavy (non-hydrogen) atoms. The predicted molar refractivity (Wildman–Crippen MR) is 47.0 cm³/mol. The van der Waals surface area contributed by atoms with Crippen LogP contribution in [0.3, 0.4) is 0 Å². The Bertz CT molecular complexity index is 232. The van der Waals surface area contributed by atoms with Crippen LogP contribution in [0, 0.1) is 0 Å². The molecule has 0 unspecified atom stereocenters. The molecule has 4 heteroatoms. The van der Waals surface area contributed by atoms with Gasteiger partial charge in [-0.2, -0.15) is 0 Å². The Kier molecular flexibility index (Phi) is 3.68. The van der Waals surface area contributed by atoms with Crippen LogP contribution in [0.1, 0.15) is 9.75 Å². The average Bonchev–Trinajstić information content (AvgIpc) is 2.36. The smallest absolute Gasteiger partial charge is 0.156 e. The molecule has 0 radical (unpaired) electrons. The summed E-state index contributed by atoms with van der Waals surface area (Å²) in [5.41, 5.74) is 0. The normalized spacial score (nSPS) is 11.0. The Morgan fingerprint density at radius 3 is 2.50 bits per heavy atom. The van der Waals surface area contributed by atoms with Gasteiger partial charge in [0, 0.05) is 29.2 Å². The minimum atomic E-state index is -1.27. The van der Waals surface area contributed by atoms with Crippen molar-refractivity contribution in [2.24, 2.45) is 0 Å². The quantitative estimate of drug-likeness (QED) is 0.589. The maximum absolute atomic E-state index is 8.66. The van der Waals surface area contributed by atoms with Gasteiger partial charge in [0.05, 0.1) is 0 Å². The number of hydrogen-bond acceptors (Lipinski definition) is 4. The number of rotatable bonds is 4. The molecule has 0 aromatic carbocycles. The van der Waals surface area contributed by atoms with Gasteiger partial charge < -0.3 is 15.3 Å². The molecule has 0 amide bonds. The summed E-state index contributed by atoms with van der Waals surface area (Å²) in [7, 11) is 0. The summed E-state index contributed by atoms with van der Waals surface area (Å²) in [6.45, 7) is 0.141. The first-order valence-electron chi connectivity index (χ1n) is 3.77. The highest BCUT2D eigenvalue weighted by Crippen LogP contribution is 2.17. The Labute approximate surface area is 74.9 Å². The maximum Gasteiger partial charge on any atom is 0.156 e. The second-order valence-electron chi connectivity index (χ2n) is 2.53. The fourth-order valence-electron chi connectivity index (χ4n) is 0.957. The maximum atomic E-state index is 8.66. The molecule has 3 nitrogen and oxygen atoms in total. The molecule has 0 atom stereocenters. The summed E-state index contributed by atoms with van der Waals surface area (Å²) in [4.78, 5) is 2.02. The molecule has 0 saturated heterocycles. The predicted octanol–water partition coefficient (Wildman–Crippen LogP) is 0.136. The van der Waals surface area contributed by atoms with Crippen LogP contribution >= 0.6 is 11.3 Å². The van der Waals surface area contributed by atoms with Crippen molar-refractivity contribution in [3.8, 4) is 0 Å². The van der Waals surface area contributed by atoms with Crippen LogP contribution in [0.15, 0.2) is 12.1 Å². The minimum Gasteiger partial charge on any atom is -0.396 e. The zero-order valence-corrected chi connectivity index (χ0v) is 7.42. The standard InChI is InChI=1S/C8H12O3S/c9-4-3-6-1-2-7(12-6)5-8(10)11/h1-2,8-11H,3-5H2. The molecule has 0 saturated carbocycles. The summed E-state index contributed by atoms with van der Waals surface area (Å²) in [5.74, 6) is 0. The molecule has 68 valence electrons.